The van der Waals surface area contributed by atoms with E-state index in [0.717, 1.165) is 24.2 Å². The molecule has 0 radical (unpaired) electrons. The minimum atomic E-state index is 0.583. The van der Waals surface area contributed by atoms with E-state index < -0.39 is 0 Å². The molecule has 3 rings (SSSR count). The van der Waals surface area contributed by atoms with Gasteiger partial charge < -0.3 is 15.1 Å². The Morgan fingerprint density at radius 1 is 1.16 bits per heavy atom. The van der Waals surface area contributed by atoms with E-state index in [4.69, 9.17) is 0 Å². The molecule has 1 saturated heterocycles. The van der Waals surface area contributed by atoms with Gasteiger partial charge in [0.2, 0.25) is 0 Å². The lowest BCUT2D eigenvalue weighted by Gasteiger charge is -2.20. The maximum Gasteiger partial charge on any atom is 0.147 e. The van der Waals surface area contributed by atoms with Crippen LogP contribution in [0.25, 0.3) is 10.8 Å². The van der Waals surface area contributed by atoms with Crippen LogP contribution < -0.4 is 10.2 Å². The van der Waals surface area contributed by atoms with E-state index in [0.29, 0.717) is 5.82 Å². The molecule has 0 amide bonds. The van der Waals surface area contributed by atoms with Crippen LogP contribution in [0.5, 0.6) is 0 Å². The molecule has 1 aliphatic rings. The van der Waals surface area contributed by atoms with E-state index in [9.17, 15) is 0 Å². The summed E-state index contributed by atoms with van der Waals surface area (Å²) in [5.74, 6) is 0.583. The van der Waals surface area contributed by atoms with Crippen LogP contribution in [0.4, 0.5) is 11.4 Å². The van der Waals surface area contributed by atoms with Crippen molar-refractivity contribution in [3.8, 4) is 0 Å². The molecular formula is C20H25N5. The molecule has 0 aromatic heterocycles. The van der Waals surface area contributed by atoms with Gasteiger partial charge in [0.1, 0.15) is 5.82 Å². The lowest BCUT2D eigenvalue weighted by molar-refractivity contribution is 0.553. The van der Waals surface area contributed by atoms with E-state index in [1.54, 1.807) is 0 Å². The Labute approximate surface area is 149 Å². The molecule has 5 nitrogen and oxygen atoms in total. The van der Waals surface area contributed by atoms with Crippen molar-refractivity contribution in [1.82, 2.24) is 10.2 Å². The molecule has 0 saturated carbocycles. The fourth-order valence-electron chi connectivity index (χ4n) is 3.04. The molecular weight excluding hydrogens is 310 g/mol. The normalized spacial score (nSPS) is 14.7. The molecule has 25 heavy (non-hydrogen) atoms. The second-order valence-electron chi connectivity index (χ2n) is 6.18. The molecule has 2 aromatic rings. The Morgan fingerprint density at radius 3 is 2.60 bits per heavy atom. The first-order valence-electron chi connectivity index (χ1n) is 8.65. The SMILES string of the molecule is C=C(/N=N/c1ccc(N2CCCC2)c2ccccc12)N(C)/C=C\NC. The molecule has 0 bridgehead atoms. The van der Waals surface area contributed by atoms with Gasteiger partial charge in [-0.25, -0.2) is 0 Å². The predicted molar refractivity (Wildman–Crippen MR) is 105 cm³/mol. The Kier molecular flexibility index (Phi) is 5.33. The van der Waals surface area contributed by atoms with Gasteiger partial charge in [0.05, 0.1) is 5.69 Å². The Bertz CT molecular complexity index is 803. The van der Waals surface area contributed by atoms with Gasteiger partial charge in [-0.15, -0.1) is 10.2 Å². The van der Waals surface area contributed by atoms with E-state index in [-0.39, 0.29) is 0 Å². The second-order valence-corrected chi connectivity index (χ2v) is 6.18. The van der Waals surface area contributed by atoms with Crippen LogP contribution in [0.2, 0.25) is 0 Å². The second kappa shape index (κ2) is 7.83. The number of benzene rings is 2. The minimum absolute atomic E-state index is 0.583. The number of azo groups is 1. The Balaban J connectivity index is 1.90. The summed E-state index contributed by atoms with van der Waals surface area (Å²) in [4.78, 5) is 4.28. The van der Waals surface area contributed by atoms with Crippen LogP contribution in [-0.2, 0) is 0 Å². The van der Waals surface area contributed by atoms with Crippen molar-refractivity contribution >= 4 is 22.1 Å². The van der Waals surface area contributed by atoms with Gasteiger partial charge in [-0.05, 0) is 25.0 Å². The lowest BCUT2D eigenvalue weighted by atomic mass is 10.1. The van der Waals surface area contributed by atoms with Crippen molar-refractivity contribution in [2.24, 2.45) is 10.2 Å². The van der Waals surface area contributed by atoms with Gasteiger partial charge in [-0.1, -0.05) is 30.8 Å². The molecule has 1 N–H and O–H groups in total. The molecule has 0 aliphatic carbocycles. The summed E-state index contributed by atoms with van der Waals surface area (Å²) in [6, 6.07) is 12.6. The van der Waals surface area contributed by atoms with Crippen LogP contribution in [0.1, 0.15) is 12.8 Å². The van der Waals surface area contributed by atoms with Gasteiger partial charge in [-0.3, -0.25) is 0 Å². The topological polar surface area (TPSA) is 43.2 Å². The Hall–Kier alpha value is -2.82. The number of anilines is 1. The highest BCUT2D eigenvalue weighted by molar-refractivity contribution is 6.01. The molecule has 130 valence electrons. The summed E-state index contributed by atoms with van der Waals surface area (Å²) >= 11 is 0. The van der Waals surface area contributed by atoms with E-state index >= 15 is 0 Å². The van der Waals surface area contributed by atoms with Crippen molar-refractivity contribution in [1.29, 1.82) is 0 Å². The molecule has 0 spiro atoms. The first-order valence-corrected chi connectivity index (χ1v) is 8.65. The van der Waals surface area contributed by atoms with Crippen LogP contribution >= 0.6 is 0 Å². The largest absolute Gasteiger partial charge is 0.393 e. The summed E-state index contributed by atoms with van der Waals surface area (Å²) < 4.78 is 0. The molecule has 2 aromatic carbocycles. The summed E-state index contributed by atoms with van der Waals surface area (Å²) in [5.41, 5.74) is 2.16. The number of nitrogens with zero attached hydrogens (tertiary/aromatic N) is 4. The first kappa shape index (κ1) is 17.0. The van der Waals surface area contributed by atoms with Gasteiger partial charge in [0.15, 0.2) is 0 Å². The monoisotopic (exact) mass is 335 g/mol. The summed E-state index contributed by atoms with van der Waals surface area (Å²) in [6.45, 7) is 6.22. The van der Waals surface area contributed by atoms with Crippen molar-refractivity contribution < 1.29 is 0 Å². The highest BCUT2D eigenvalue weighted by atomic mass is 15.3. The smallest absolute Gasteiger partial charge is 0.147 e. The third kappa shape index (κ3) is 3.82. The van der Waals surface area contributed by atoms with E-state index in [2.05, 4.69) is 57.4 Å². The molecule has 1 heterocycles. The van der Waals surface area contributed by atoms with Crippen LogP contribution in [0, 0.1) is 0 Å². The summed E-state index contributed by atoms with van der Waals surface area (Å²) in [5, 5.41) is 14.0. The highest BCUT2D eigenvalue weighted by Crippen LogP contribution is 2.35. The van der Waals surface area contributed by atoms with Gasteiger partial charge in [-0.2, -0.15) is 0 Å². The van der Waals surface area contributed by atoms with Gasteiger partial charge in [0.25, 0.3) is 0 Å². The van der Waals surface area contributed by atoms with Crippen molar-refractivity contribution in [2.45, 2.75) is 12.8 Å². The number of hydrogen-bond donors (Lipinski definition) is 1. The standard InChI is InChI=1S/C20H25N5/c1-16(24(3)15-12-21-2)22-23-19-10-11-20(25-13-6-7-14-25)18-9-5-4-8-17(18)19/h4-5,8-12,15,21H,1,6-7,13-14H2,2-3H3/b15-12-,23-22+. The summed E-state index contributed by atoms with van der Waals surface area (Å²) in [6.07, 6.45) is 6.21. The fourth-order valence-corrected chi connectivity index (χ4v) is 3.04. The van der Waals surface area contributed by atoms with Crippen LogP contribution in [0.15, 0.2) is 71.4 Å². The van der Waals surface area contributed by atoms with Crippen molar-refractivity contribution in [3.63, 3.8) is 0 Å². The van der Waals surface area contributed by atoms with Crippen LogP contribution in [-0.4, -0.2) is 32.1 Å². The fraction of sp³-hybridized carbons (Fsp3) is 0.300. The van der Waals surface area contributed by atoms with Crippen LogP contribution in [0.3, 0.4) is 0 Å². The minimum Gasteiger partial charge on any atom is -0.393 e. The maximum absolute atomic E-state index is 4.44. The third-order valence-electron chi connectivity index (χ3n) is 4.47. The highest BCUT2D eigenvalue weighted by Gasteiger charge is 2.15. The third-order valence-corrected chi connectivity index (χ3v) is 4.47. The molecule has 1 aliphatic heterocycles. The first-order chi connectivity index (χ1) is 12.2. The zero-order valence-corrected chi connectivity index (χ0v) is 14.9. The summed E-state index contributed by atoms with van der Waals surface area (Å²) in [7, 11) is 3.74. The van der Waals surface area contributed by atoms with E-state index in [1.165, 1.54) is 23.9 Å². The van der Waals surface area contributed by atoms with E-state index in [1.807, 2.05) is 37.5 Å². The quantitative estimate of drug-likeness (QED) is 0.784. The van der Waals surface area contributed by atoms with Gasteiger partial charge >= 0.3 is 0 Å². The van der Waals surface area contributed by atoms with Crippen molar-refractivity contribution in [3.05, 3.63) is 61.2 Å². The average molecular weight is 335 g/mol. The number of nitrogens with one attached hydrogen (secondary N) is 1. The van der Waals surface area contributed by atoms with Gasteiger partial charge in [0, 0.05) is 56.0 Å². The Morgan fingerprint density at radius 2 is 1.88 bits per heavy atom. The lowest BCUT2D eigenvalue weighted by Crippen LogP contribution is -2.17. The molecule has 1 fully saturated rings. The number of fused-ring (bicyclic) bond motifs is 1. The average Bonchev–Trinajstić information content (AvgIpc) is 3.18. The number of rotatable bonds is 6. The molecule has 0 unspecified atom stereocenters. The van der Waals surface area contributed by atoms with Crippen molar-refractivity contribution in [2.75, 3.05) is 32.1 Å². The molecule has 0 atom stereocenters. The number of hydrogen-bond acceptors (Lipinski definition) is 5. The maximum atomic E-state index is 4.44. The predicted octanol–water partition coefficient (Wildman–Crippen LogP) is 4.62. The zero-order valence-electron chi connectivity index (χ0n) is 14.9. The zero-order chi connectivity index (χ0) is 17.6. The molecule has 5 heteroatoms.